The van der Waals surface area contributed by atoms with Gasteiger partial charge in [-0.25, -0.2) is 12.8 Å². The Morgan fingerprint density at radius 2 is 1.77 bits per heavy atom. The van der Waals surface area contributed by atoms with E-state index in [1.165, 1.54) is 6.07 Å². The summed E-state index contributed by atoms with van der Waals surface area (Å²) in [5.41, 5.74) is 0.0870. The van der Waals surface area contributed by atoms with Crippen LogP contribution in [0.1, 0.15) is 37.0 Å². The Kier molecular flexibility index (Phi) is 7.10. The number of sulfonamides is 1. The fourth-order valence-corrected chi connectivity index (χ4v) is 5.14. The fraction of sp³-hybridized carbons (Fsp3) is 0.600. The number of amides is 2. The number of nitrogens with one attached hydrogen (secondary N) is 1. The van der Waals surface area contributed by atoms with Crippen LogP contribution in [0.15, 0.2) is 23.1 Å². The first-order valence-corrected chi connectivity index (χ1v) is 11.6. The summed E-state index contributed by atoms with van der Waals surface area (Å²) >= 11 is 0. The standard InChI is InChI=1S/C20H28FN3O5S/c1-14(2)20(26)23-7-5-16(6-8-23)22-19(25)15-3-4-17(21)18(13-15)30(27,28)24-9-11-29-12-10-24/h3-4,13-14,16H,5-12H2,1-2H3,(H,22,25). The van der Waals surface area contributed by atoms with Crippen molar-refractivity contribution in [1.29, 1.82) is 0 Å². The van der Waals surface area contributed by atoms with Gasteiger partial charge in [0.2, 0.25) is 15.9 Å². The van der Waals surface area contributed by atoms with Gasteiger partial charge < -0.3 is 15.0 Å². The van der Waals surface area contributed by atoms with Crippen LogP contribution in [0.3, 0.4) is 0 Å². The first-order valence-electron chi connectivity index (χ1n) is 10.2. The molecule has 30 heavy (non-hydrogen) atoms. The van der Waals surface area contributed by atoms with E-state index in [0.717, 1.165) is 16.4 Å². The van der Waals surface area contributed by atoms with Crippen LogP contribution in [0.2, 0.25) is 0 Å². The van der Waals surface area contributed by atoms with E-state index in [0.29, 0.717) is 25.9 Å². The topological polar surface area (TPSA) is 96.0 Å². The Labute approximate surface area is 176 Å². The number of carbonyl (C=O) groups is 2. The van der Waals surface area contributed by atoms with Crippen molar-refractivity contribution in [2.24, 2.45) is 5.92 Å². The Morgan fingerprint density at radius 1 is 1.13 bits per heavy atom. The van der Waals surface area contributed by atoms with E-state index in [1.807, 2.05) is 13.8 Å². The number of morpholine rings is 1. The summed E-state index contributed by atoms with van der Waals surface area (Å²) in [6.45, 7) is 5.61. The van der Waals surface area contributed by atoms with Gasteiger partial charge >= 0.3 is 0 Å². The van der Waals surface area contributed by atoms with E-state index in [4.69, 9.17) is 4.74 Å². The Balaban J connectivity index is 1.67. The number of likely N-dealkylation sites (tertiary alicyclic amines) is 1. The molecule has 2 fully saturated rings. The van der Waals surface area contributed by atoms with Gasteiger partial charge in [-0.1, -0.05) is 13.8 Å². The van der Waals surface area contributed by atoms with E-state index < -0.39 is 26.6 Å². The smallest absolute Gasteiger partial charge is 0.251 e. The molecule has 3 rings (SSSR count). The second-order valence-corrected chi connectivity index (χ2v) is 9.80. The molecule has 166 valence electrons. The van der Waals surface area contributed by atoms with Crippen LogP contribution in [-0.4, -0.2) is 74.9 Å². The summed E-state index contributed by atoms with van der Waals surface area (Å²) in [6.07, 6.45) is 1.23. The molecule has 8 nitrogen and oxygen atoms in total. The average molecular weight is 442 g/mol. The molecule has 0 unspecified atom stereocenters. The summed E-state index contributed by atoms with van der Waals surface area (Å²) < 4.78 is 46.2. The number of hydrogen-bond donors (Lipinski definition) is 1. The molecular formula is C20H28FN3O5S. The van der Waals surface area contributed by atoms with Gasteiger partial charge in [-0.2, -0.15) is 4.31 Å². The van der Waals surface area contributed by atoms with Gasteiger partial charge in [-0.3, -0.25) is 9.59 Å². The minimum absolute atomic E-state index is 0.0674. The molecular weight excluding hydrogens is 413 g/mol. The van der Waals surface area contributed by atoms with Gasteiger partial charge in [0.1, 0.15) is 10.7 Å². The zero-order chi connectivity index (χ0) is 21.9. The highest BCUT2D eigenvalue weighted by Crippen LogP contribution is 2.22. The summed E-state index contributed by atoms with van der Waals surface area (Å²) in [6, 6.07) is 3.25. The zero-order valence-corrected chi connectivity index (χ0v) is 18.1. The molecule has 1 aromatic rings. The largest absolute Gasteiger partial charge is 0.379 e. The van der Waals surface area contributed by atoms with Crippen LogP contribution in [-0.2, 0) is 19.6 Å². The number of rotatable bonds is 5. The van der Waals surface area contributed by atoms with E-state index in [1.54, 1.807) is 4.90 Å². The predicted molar refractivity (Wildman–Crippen MR) is 108 cm³/mol. The molecule has 2 heterocycles. The molecule has 2 aliphatic heterocycles. The van der Waals surface area contributed by atoms with Crippen LogP contribution in [0.5, 0.6) is 0 Å². The minimum atomic E-state index is -4.05. The maximum Gasteiger partial charge on any atom is 0.251 e. The van der Waals surface area contributed by atoms with Gasteiger partial charge in [0.05, 0.1) is 13.2 Å². The van der Waals surface area contributed by atoms with Crippen molar-refractivity contribution < 1.29 is 27.1 Å². The summed E-state index contributed by atoms with van der Waals surface area (Å²) in [7, 11) is -4.05. The van der Waals surface area contributed by atoms with Crippen LogP contribution in [0.4, 0.5) is 4.39 Å². The van der Waals surface area contributed by atoms with E-state index in [2.05, 4.69) is 5.32 Å². The number of ether oxygens (including phenoxy) is 1. The molecule has 1 aromatic carbocycles. The second kappa shape index (κ2) is 9.40. The summed E-state index contributed by atoms with van der Waals surface area (Å²) in [4.78, 5) is 26.0. The molecule has 0 bridgehead atoms. The zero-order valence-electron chi connectivity index (χ0n) is 17.3. The summed E-state index contributed by atoms with van der Waals surface area (Å²) in [5.74, 6) is -1.32. The Hall–Kier alpha value is -2.04. The van der Waals surface area contributed by atoms with Crippen molar-refractivity contribution in [2.75, 3.05) is 39.4 Å². The number of halogens is 1. The van der Waals surface area contributed by atoms with Crippen LogP contribution in [0.25, 0.3) is 0 Å². The number of piperidine rings is 1. The highest BCUT2D eigenvalue weighted by atomic mass is 32.2. The molecule has 0 atom stereocenters. The van der Waals surface area contributed by atoms with Crippen molar-refractivity contribution in [3.8, 4) is 0 Å². The van der Waals surface area contributed by atoms with Gasteiger partial charge in [-0.15, -0.1) is 0 Å². The van der Waals surface area contributed by atoms with Crippen molar-refractivity contribution >= 4 is 21.8 Å². The van der Waals surface area contributed by atoms with Gasteiger partial charge in [0.25, 0.3) is 5.91 Å². The monoisotopic (exact) mass is 441 g/mol. The van der Waals surface area contributed by atoms with E-state index in [-0.39, 0.29) is 49.7 Å². The number of hydrogen-bond acceptors (Lipinski definition) is 5. The maximum atomic E-state index is 14.3. The lowest BCUT2D eigenvalue weighted by Crippen LogP contribution is -2.47. The highest BCUT2D eigenvalue weighted by molar-refractivity contribution is 7.89. The van der Waals surface area contributed by atoms with Gasteiger partial charge in [-0.05, 0) is 31.0 Å². The molecule has 1 N–H and O–H groups in total. The van der Waals surface area contributed by atoms with Crippen LogP contribution in [0, 0.1) is 11.7 Å². The Morgan fingerprint density at radius 3 is 2.37 bits per heavy atom. The molecule has 0 saturated carbocycles. The lowest BCUT2D eigenvalue weighted by atomic mass is 10.0. The third-order valence-electron chi connectivity index (χ3n) is 5.42. The van der Waals surface area contributed by atoms with E-state index >= 15 is 0 Å². The quantitative estimate of drug-likeness (QED) is 0.741. The fourth-order valence-electron chi connectivity index (χ4n) is 3.65. The summed E-state index contributed by atoms with van der Waals surface area (Å²) in [5, 5.41) is 2.87. The molecule has 0 spiro atoms. The molecule has 0 aromatic heterocycles. The maximum absolute atomic E-state index is 14.3. The SMILES string of the molecule is CC(C)C(=O)N1CCC(NC(=O)c2ccc(F)c(S(=O)(=O)N3CCOCC3)c2)CC1. The van der Waals surface area contributed by atoms with Crippen LogP contribution >= 0.6 is 0 Å². The Bertz CT molecular complexity index is 892. The molecule has 10 heteroatoms. The number of nitrogens with zero attached hydrogens (tertiary/aromatic N) is 2. The number of carbonyl (C=O) groups excluding carboxylic acids is 2. The second-order valence-electron chi connectivity index (χ2n) is 7.89. The van der Waals surface area contributed by atoms with Crippen molar-refractivity contribution in [2.45, 2.75) is 37.6 Å². The van der Waals surface area contributed by atoms with Crippen molar-refractivity contribution in [3.63, 3.8) is 0 Å². The first-order chi connectivity index (χ1) is 14.2. The lowest BCUT2D eigenvalue weighted by Gasteiger charge is -2.33. The third-order valence-corrected chi connectivity index (χ3v) is 7.33. The average Bonchev–Trinajstić information content (AvgIpc) is 2.74. The predicted octanol–water partition coefficient (Wildman–Crippen LogP) is 1.22. The lowest BCUT2D eigenvalue weighted by molar-refractivity contribution is -0.135. The van der Waals surface area contributed by atoms with Gasteiger partial charge in [0.15, 0.2) is 0 Å². The minimum Gasteiger partial charge on any atom is -0.379 e. The number of benzene rings is 1. The molecule has 2 aliphatic rings. The third kappa shape index (κ3) is 4.98. The van der Waals surface area contributed by atoms with Crippen molar-refractivity contribution in [3.05, 3.63) is 29.6 Å². The molecule has 0 radical (unpaired) electrons. The van der Waals surface area contributed by atoms with Crippen molar-refractivity contribution in [1.82, 2.24) is 14.5 Å². The van der Waals surface area contributed by atoms with Gasteiger partial charge in [0, 0.05) is 43.7 Å². The normalized spacial score (nSPS) is 19.1. The van der Waals surface area contributed by atoms with E-state index in [9.17, 15) is 22.4 Å². The first kappa shape index (κ1) is 22.6. The molecule has 0 aliphatic carbocycles. The molecule has 2 saturated heterocycles. The highest BCUT2D eigenvalue weighted by Gasteiger charge is 2.30. The molecule has 2 amide bonds. The van der Waals surface area contributed by atoms with Crippen LogP contribution < -0.4 is 5.32 Å².